The van der Waals surface area contributed by atoms with Crippen molar-refractivity contribution in [2.45, 2.75) is 38.3 Å². The molecule has 0 bridgehead atoms. The summed E-state index contributed by atoms with van der Waals surface area (Å²) in [6.45, 7) is 4.23. The molecule has 10 heteroatoms. The highest BCUT2D eigenvalue weighted by Gasteiger charge is 2.38. The first-order valence-corrected chi connectivity index (χ1v) is 7.70. The molecule has 0 spiro atoms. The van der Waals surface area contributed by atoms with E-state index in [0.717, 1.165) is 32.5 Å². The molecule has 2 fully saturated rings. The first-order valence-electron chi connectivity index (χ1n) is 7.70. The van der Waals surface area contributed by atoms with Crippen LogP contribution >= 0.6 is 0 Å². The average Bonchev–Trinajstić information content (AvgIpc) is 2.99. The van der Waals surface area contributed by atoms with Crippen molar-refractivity contribution in [2.24, 2.45) is 5.92 Å². The van der Waals surface area contributed by atoms with Gasteiger partial charge >= 0.3 is 18.6 Å². The maximum absolute atomic E-state index is 12.3. The van der Waals surface area contributed by atoms with Crippen LogP contribution in [0.2, 0.25) is 0 Å². The Morgan fingerprint density at radius 3 is 2.08 bits per heavy atom. The van der Waals surface area contributed by atoms with Crippen molar-refractivity contribution in [3.63, 3.8) is 0 Å². The zero-order chi connectivity index (χ0) is 18.3. The van der Waals surface area contributed by atoms with Crippen LogP contribution in [0.25, 0.3) is 0 Å². The summed E-state index contributed by atoms with van der Waals surface area (Å²) >= 11 is 0. The molecule has 1 atom stereocenters. The van der Waals surface area contributed by atoms with Crippen molar-refractivity contribution in [1.82, 2.24) is 9.80 Å². The minimum Gasteiger partial charge on any atom is -0.475 e. The summed E-state index contributed by atoms with van der Waals surface area (Å²) in [6.07, 6.45) is -3.53. The van der Waals surface area contributed by atoms with Gasteiger partial charge in [0.15, 0.2) is 0 Å². The SMILES string of the molecule is O=C(C(F)F)N1CCCC(CN2CCCC2)C1.O=C(O)C(F)(F)F. The molecule has 2 aliphatic rings. The predicted molar refractivity (Wildman–Crippen MR) is 74.7 cm³/mol. The summed E-state index contributed by atoms with van der Waals surface area (Å²) in [4.78, 5) is 23.9. The highest BCUT2D eigenvalue weighted by molar-refractivity contribution is 5.79. The molecule has 1 amide bonds. The lowest BCUT2D eigenvalue weighted by molar-refractivity contribution is -0.192. The van der Waals surface area contributed by atoms with Crippen LogP contribution in [0.1, 0.15) is 25.7 Å². The number of carboxylic acids is 1. The zero-order valence-corrected chi connectivity index (χ0v) is 13.1. The molecule has 0 saturated carbocycles. The summed E-state index contributed by atoms with van der Waals surface area (Å²) < 4.78 is 56.4. The topological polar surface area (TPSA) is 60.9 Å². The summed E-state index contributed by atoms with van der Waals surface area (Å²) in [5.41, 5.74) is 0. The van der Waals surface area contributed by atoms with E-state index in [1.165, 1.54) is 17.7 Å². The molecule has 0 aromatic carbocycles. The van der Waals surface area contributed by atoms with Crippen molar-refractivity contribution in [1.29, 1.82) is 0 Å². The Morgan fingerprint density at radius 2 is 1.62 bits per heavy atom. The van der Waals surface area contributed by atoms with Crippen LogP contribution in [0, 0.1) is 5.92 Å². The second-order valence-corrected chi connectivity index (χ2v) is 5.90. The van der Waals surface area contributed by atoms with Gasteiger partial charge in [0.2, 0.25) is 0 Å². The second kappa shape index (κ2) is 9.14. The second-order valence-electron chi connectivity index (χ2n) is 5.90. The van der Waals surface area contributed by atoms with Crippen molar-refractivity contribution in [3.8, 4) is 0 Å². The number of likely N-dealkylation sites (tertiary alicyclic amines) is 2. The number of carbonyl (C=O) groups excluding carboxylic acids is 1. The maximum atomic E-state index is 12.3. The molecule has 1 unspecified atom stereocenters. The number of halogens is 5. The Bertz CT molecular complexity index is 425. The Labute approximate surface area is 136 Å². The number of hydrogen-bond donors (Lipinski definition) is 1. The molecule has 0 aliphatic carbocycles. The minimum atomic E-state index is -5.08. The minimum absolute atomic E-state index is 0.379. The van der Waals surface area contributed by atoms with E-state index in [0.29, 0.717) is 19.0 Å². The summed E-state index contributed by atoms with van der Waals surface area (Å²) in [5.74, 6) is -3.37. The molecule has 0 aromatic heterocycles. The molecule has 2 saturated heterocycles. The van der Waals surface area contributed by atoms with E-state index in [1.807, 2.05) is 0 Å². The highest BCUT2D eigenvalue weighted by Crippen LogP contribution is 2.21. The highest BCUT2D eigenvalue weighted by atomic mass is 19.4. The Hall–Kier alpha value is -1.45. The van der Waals surface area contributed by atoms with E-state index in [4.69, 9.17) is 9.90 Å². The zero-order valence-electron chi connectivity index (χ0n) is 13.1. The van der Waals surface area contributed by atoms with Crippen LogP contribution in [0.5, 0.6) is 0 Å². The summed E-state index contributed by atoms with van der Waals surface area (Å²) in [5, 5.41) is 7.12. The van der Waals surface area contributed by atoms with Crippen LogP contribution in [-0.2, 0) is 9.59 Å². The summed E-state index contributed by atoms with van der Waals surface area (Å²) in [7, 11) is 0. The van der Waals surface area contributed by atoms with Gasteiger partial charge < -0.3 is 14.9 Å². The van der Waals surface area contributed by atoms with E-state index >= 15 is 0 Å². The third kappa shape index (κ3) is 6.98. The maximum Gasteiger partial charge on any atom is 0.490 e. The van der Waals surface area contributed by atoms with Gasteiger partial charge in [-0.3, -0.25) is 4.79 Å². The average molecular weight is 360 g/mol. The third-order valence-corrected chi connectivity index (χ3v) is 3.97. The number of piperidine rings is 1. The van der Waals surface area contributed by atoms with E-state index < -0.39 is 24.5 Å². The number of hydrogen-bond acceptors (Lipinski definition) is 3. The monoisotopic (exact) mass is 360 g/mol. The van der Waals surface area contributed by atoms with Gasteiger partial charge in [-0.2, -0.15) is 22.0 Å². The molecule has 0 radical (unpaired) electrons. The van der Waals surface area contributed by atoms with Crippen molar-refractivity contribution >= 4 is 11.9 Å². The first-order chi connectivity index (χ1) is 11.1. The number of carbonyl (C=O) groups is 2. The van der Waals surface area contributed by atoms with Gasteiger partial charge in [0, 0.05) is 19.6 Å². The Kier molecular flexibility index (Phi) is 7.85. The molecule has 2 rings (SSSR count). The number of carboxylic acid groups (broad SMARTS) is 1. The molecule has 0 aromatic rings. The molecule has 5 nitrogen and oxygen atoms in total. The van der Waals surface area contributed by atoms with Gasteiger partial charge in [-0.05, 0) is 44.7 Å². The predicted octanol–water partition coefficient (Wildman–Crippen LogP) is 2.22. The number of rotatable bonds is 3. The van der Waals surface area contributed by atoms with Gasteiger partial charge in [0.1, 0.15) is 0 Å². The third-order valence-electron chi connectivity index (χ3n) is 3.97. The lowest BCUT2D eigenvalue weighted by atomic mass is 9.97. The van der Waals surface area contributed by atoms with Gasteiger partial charge in [-0.1, -0.05) is 0 Å². The molecular formula is C14H21F5N2O3. The van der Waals surface area contributed by atoms with Gasteiger partial charge in [-0.25, -0.2) is 4.79 Å². The van der Waals surface area contributed by atoms with E-state index in [9.17, 15) is 26.7 Å². The van der Waals surface area contributed by atoms with Crippen LogP contribution in [0.15, 0.2) is 0 Å². The number of nitrogens with zero attached hydrogens (tertiary/aromatic N) is 2. The van der Waals surface area contributed by atoms with Crippen LogP contribution in [-0.4, -0.2) is 72.1 Å². The molecule has 2 aliphatic heterocycles. The molecule has 1 N–H and O–H groups in total. The number of amides is 1. The van der Waals surface area contributed by atoms with Crippen molar-refractivity contribution in [2.75, 3.05) is 32.7 Å². The lowest BCUT2D eigenvalue weighted by Crippen LogP contribution is -2.45. The van der Waals surface area contributed by atoms with Crippen LogP contribution < -0.4 is 0 Å². The van der Waals surface area contributed by atoms with Gasteiger partial charge in [0.05, 0.1) is 0 Å². The number of aliphatic carboxylic acids is 1. The van der Waals surface area contributed by atoms with E-state index in [1.54, 1.807) is 0 Å². The standard InChI is InChI=1S/C12H20F2N2O.C2HF3O2/c13-11(14)12(17)16-7-3-4-10(9-16)8-15-5-1-2-6-15;3-2(4,5)1(6)7/h10-11H,1-9H2;(H,6,7). The smallest absolute Gasteiger partial charge is 0.475 e. The normalized spacial score (nSPS) is 22.2. The van der Waals surface area contributed by atoms with E-state index in [2.05, 4.69) is 4.90 Å². The van der Waals surface area contributed by atoms with Crippen molar-refractivity contribution < 1.29 is 36.6 Å². The quantitative estimate of drug-likeness (QED) is 0.784. The van der Waals surface area contributed by atoms with Crippen LogP contribution in [0.3, 0.4) is 0 Å². The Morgan fingerprint density at radius 1 is 1.08 bits per heavy atom. The summed E-state index contributed by atoms with van der Waals surface area (Å²) in [6, 6.07) is 0. The fourth-order valence-electron chi connectivity index (χ4n) is 2.88. The van der Waals surface area contributed by atoms with Crippen LogP contribution in [0.4, 0.5) is 22.0 Å². The fraction of sp³-hybridized carbons (Fsp3) is 0.857. The lowest BCUT2D eigenvalue weighted by Gasteiger charge is -2.34. The van der Waals surface area contributed by atoms with Crippen molar-refractivity contribution in [3.05, 3.63) is 0 Å². The number of alkyl halides is 5. The fourth-order valence-corrected chi connectivity index (χ4v) is 2.88. The molecule has 140 valence electrons. The van der Waals surface area contributed by atoms with Gasteiger partial charge in [-0.15, -0.1) is 0 Å². The molecule has 2 heterocycles. The first kappa shape index (κ1) is 20.6. The van der Waals surface area contributed by atoms with E-state index in [-0.39, 0.29) is 0 Å². The largest absolute Gasteiger partial charge is 0.490 e. The molecule has 24 heavy (non-hydrogen) atoms. The molecular weight excluding hydrogens is 339 g/mol. The van der Waals surface area contributed by atoms with Gasteiger partial charge in [0.25, 0.3) is 5.91 Å². The Balaban J connectivity index is 0.000000351.